The molecule has 230 valence electrons. The molecule has 0 aromatic heterocycles. The molecular weight excluding hydrogens is 548 g/mol. The second-order valence-electron chi connectivity index (χ2n) is 10.9. The van der Waals surface area contributed by atoms with Gasteiger partial charge in [0.15, 0.2) is 12.6 Å². The van der Waals surface area contributed by atoms with Crippen LogP contribution in [0, 0.1) is 35.5 Å². The third-order valence-electron chi connectivity index (χ3n) is 8.76. The highest BCUT2D eigenvalue weighted by molar-refractivity contribution is 5.89. The maximum Gasteiger partial charge on any atom is 0.337 e. The van der Waals surface area contributed by atoms with Crippen LogP contribution in [0.2, 0.25) is 0 Å². The number of carbonyl (C=O) groups excluding carboxylic acids is 3. The summed E-state index contributed by atoms with van der Waals surface area (Å²) in [5.74, 6) is -4.60. The predicted octanol–water partition coefficient (Wildman–Crippen LogP) is -1.63. The lowest BCUT2D eigenvalue weighted by Gasteiger charge is -2.43. The SMILES string of the molecule is C=CC1C(O[C@@H]2O[C@H](CO)[C@@H](O)[C@H](O)[C@H]2O)OC=C(C(=O)OC2CC3C(COC(O)C3C(=O)OC)C2C)C1CC=O. The molecule has 5 N–H and O–H groups in total. The number of fused-ring (bicyclic) bond motifs is 1. The Morgan fingerprint density at radius 2 is 1.85 bits per heavy atom. The molecule has 0 aromatic carbocycles. The van der Waals surface area contributed by atoms with Crippen molar-refractivity contribution < 1.29 is 68.3 Å². The standard InChI is InChI=1S/C27H38O14/c1-4-12-13(5-6-28)16(10-38-26(12)41-27-22(32)21(31)20(30)18(8-29)40-27)23(33)39-17-7-14-15(11(17)2)9-37-25(35)19(14)24(34)36-3/h4,6,10-15,17-22,25-27,29-32,35H,1,5,7-9H2,2-3H3/t11?,12?,13?,14?,15?,17?,18-,19?,20-,21+,22-,25?,26?,27+/m1/s1. The summed E-state index contributed by atoms with van der Waals surface area (Å²) in [6.45, 7) is 5.16. The van der Waals surface area contributed by atoms with Gasteiger partial charge in [-0.1, -0.05) is 13.0 Å². The van der Waals surface area contributed by atoms with Gasteiger partial charge >= 0.3 is 11.9 Å². The fraction of sp³-hybridized carbons (Fsp3) is 0.741. The molecule has 9 unspecified atom stereocenters. The zero-order chi connectivity index (χ0) is 30.0. The topological polar surface area (TPSA) is 208 Å². The minimum atomic E-state index is -1.69. The van der Waals surface area contributed by atoms with E-state index in [1.54, 1.807) is 0 Å². The van der Waals surface area contributed by atoms with Gasteiger partial charge in [0, 0.05) is 18.3 Å². The number of aldehydes is 1. The van der Waals surface area contributed by atoms with Crippen molar-refractivity contribution in [3.05, 3.63) is 24.5 Å². The first kappa shape index (κ1) is 31.5. The van der Waals surface area contributed by atoms with E-state index in [2.05, 4.69) is 6.58 Å². The Labute approximate surface area is 236 Å². The van der Waals surface area contributed by atoms with Gasteiger partial charge < -0.3 is 58.7 Å². The minimum Gasteiger partial charge on any atom is -0.471 e. The Morgan fingerprint density at radius 1 is 1.12 bits per heavy atom. The second kappa shape index (κ2) is 13.3. The lowest BCUT2D eigenvalue weighted by molar-refractivity contribution is -0.339. The quantitative estimate of drug-likeness (QED) is 0.117. The third-order valence-corrected chi connectivity index (χ3v) is 8.76. The van der Waals surface area contributed by atoms with Crippen LogP contribution >= 0.6 is 0 Å². The van der Waals surface area contributed by atoms with Crippen molar-refractivity contribution in [2.75, 3.05) is 20.3 Å². The van der Waals surface area contributed by atoms with Crippen LogP contribution in [0.4, 0.5) is 0 Å². The number of aliphatic hydroxyl groups is 5. The number of hydrogen-bond donors (Lipinski definition) is 5. The molecule has 0 bridgehead atoms. The Hall–Kier alpha value is -2.43. The van der Waals surface area contributed by atoms with Crippen molar-refractivity contribution in [2.45, 2.75) is 69.2 Å². The molecule has 41 heavy (non-hydrogen) atoms. The molecule has 0 radical (unpaired) electrons. The molecule has 3 heterocycles. The van der Waals surface area contributed by atoms with Gasteiger partial charge in [-0.2, -0.15) is 0 Å². The molecule has 2 saturated heterocycles. The summed E-state index contributed by atoms with van der Waals surface area (Å²) >= 11 is 0. The molecule has 14 heteroatoms. The molecule has 0 amide bonds. The molecule has 3 fully saturated rings. The third kappa shape index (κ3) is 6.06. The number of rotatable bonds is 9. The highest BCUT2D eigenvalue weighted by atomic mass is 16.8. The summed E-state index contributed by atoms with van der Waals surface area (Å²) in [7, 11) is 1.22. The van der Waals surface area contributed by atoms with Gasteiger partial charge in [-0.25, -0.2) is 4.79 Å². The number of carbonyl (C=O) groups is 3. The largest absolute Gasteiger partial charge is 0.471 e. The maximum absolute atomic E-state index is 13.4. The molecule has 1 aliphatic carbocycles. The first-order chi connectivity index (χ1) is 19.6. The Bertz CT molecular complexity index is 998. The van der Waals surface area contributed by atoms with Crippen molar-refractivity contribution in [2.24, 2.45) is 35.5 Å². The van der Waals surface area contributed by atoms with E-state index in [-0.39, 0.29) is 42.8 Å². The first-order valence-electron chi connectivity index (χ1n) is 13.5. The predicted molar refractivity (Wildman–Crippen MR) is 134 cm³/mol. The highest BCUT2D eigenvalue weighted by Gasteiger charge is 2.54. The van der Waals surface area contributed by atoms with Crippen LogP contribution in [0.5, 0.6) is 0 Å². The smallest absolute Gasteiger partial charge is 0.337 e. The molecule has 0 aromatic rings. The monoisotopic (exact) mass is 586 g/mol. The Balaban J connectivity index is 1.49. The summed E-state index contributed by atoms with van der Waals surface area (Å²) in [5, 5.41) is 50.2. The van der Waals surface area contributed by atoms with Crippen molar-refractivity contribution in [1.82, 2.24) is 0 Å². The summed E-state index contributed by atoms with van der Waals surface area (Å²) < 4.78 is 32.9. The van der Waals surface area contributed by atoms with E-state index < -0.39 is 85.7 Å². The summed E-state index contributed by atoms with van der Waals surface area (Å²) in [4.78, 5) is 37.4. The van der Waals surface area contributed by atoms with Crippen LogP contribution in [-0.4, -0.2) is 113 Å². The van der Waals surface area contributed by atoms with E-state index >= 15 is 0 Å². The second-order valence-corrected chi connectivity index (χ2v) is 10.9. The molecule has 4 aliphatic rings. The van der Waals surface area contributed by atoms with Gasteiger partial charge in [0.05, 0.1) is 32.2 Å². The van der Waals surface area contributed by atoms with Gasteiger partial charge in [-0.05, 0) is 24.2 Å². The maximum atomic E-state index is 13.4. The number of ether oxygens (including phenoxy) is 6. The lowest BCUT2D eigenvalue weighted by Crippen LogP contribution is -2.60. The molecule has 0 spiro atoms. The van der Waals surface area contributed by atoms with E-state index in [0.717, 1.165) is 6.26 Å². The normalized spacial score (nSPS) is 44.1. The fourth-order valence-corrected chi connectivity index (χ4v) is 6.34. The average molecular weight is 587 g/mol. The van der Waals surface area contributed by atoms with Crippen molar-refractivity contribution in [3.8, 4) is 0 Å². The first-order valence-corrected chi connectivity index (χ1v) is 13.5. The molecular formula is C27H38O14. The van der Waals surface area contributed by atoms with Gasteiger partial charge in [-0.15, -0.1) is 6.58 Å². The van der Waals surface area contributed by atoms with Crippen LogP contribution in [0.1, 0.15) is 19.8 Å². The zero-order valence-corrected chi connectivity index (χ0v) is 22.8. The lowest BCUT2D eigenvalue weighted by atomic mass is 9.79. The van der Waals surface area contributed by atoms with Gasteiger partial charge in [0.1, 0.15) is 42.7 Å². The Kier molecular flexibility index (Phi) is 10.2. The number of methoxy groups -OCH3 is 1. The minimum absolute atomic E-state index is 0.0403. The van der Waals surface area contributed by atoms with Gasteiger partial charge in [0.2, 0.25) is 6.29 Å². The van der Waals surface area contributed by atoms with Gasteiger partial charge in [0.25, 0.3) is 0 Å². The fourth-order valence-electron chi connectivity index (χ4n) is 6.34. The Morgan fingerprint density at radius 3 is 2.49 bits per heavy atom. The van der Waals surface area contributed by atoms with Gasteiger partial charge in [-0.3, -0.25) is 4.79 Å². The van der Waals surface area contributed by atoms with Crippen molar-refractivity contribution in [3.63, 3.8) is 0 Å². The van der Waals surface area contributed by atoms with Crippen molar-refractivity contribution >= 4 is 18.2 Å². The molecule has 14 atom stereocenters. The summed E-state index contributed by atoms with van der Waals surface area (Å²) in [6, 6.07) is 0. The highest BCUT2D eigenvalue weighted by Crippen LogP contribution is 2.48. The van der Waals surface area contributed by atoms with E-state index in [9.17, 15) is 39.9 Å². The number of aliphatic hydroxyl groups excluding tert-OH is 5. The summed E-state index contributed by atoms with van der Waals surface area (Å²) in [5.41, 5.74) is 0.0403. The zero-order valence-electron chi connectivity index (χ0n) is 22.8. The van der Waals surface area contributed by atoms with E-state index in [1.807, 2.05) is 6.92 Å². The van der Waals surface area contributed by atoms with E-state index in [4.69, 9.17) is 28.4 Å². The van der Waals surface area contributed by atoms with Crippen LogP contribution in [0.15, 0.2) is 24.5 Å². The van der Waals surface area contributed by atoms with Crippen LogP contribution in [-0.2, 0) is 42.8 Å². The van der Waals surface area contributed by atoms with Crippen LogP contribution in [0.25, 0.3) is 0 Å². The summed E-state index contributed by atoms with van der Waals surface area (Å²) in [6.07, 6.45) is -7.56. The average Bonchev–Trinajstić information content (AvgIpc) is 3.27. The van der Waals surface area contributed by atoms with Crippen LogP contribution < -0.4 is 0 Å². The number of esters is 2. The van der Waals surface area contributed by atoms with E-state index in [0.29, 0.717) is 6.29 Å². The molecule has 1 saturated carbocycles. The molecule has 14 nitrogen and oxygen atoms in total. The van der Waals surface area contributed by atoms with Crippen molar-refractivity contribution in [1.29, 1.82) is 0 Å². The van der Waals surface area contributed by atoms with Crippen LogP contribution in [0.3, 0.4) is 0 Å². The number of hydrogen-bond acceptors (Lipinski definition) is 14. The molecule has 4 rings (SSSR count). The molecule has 3 aliphatic heterocycles. The van der Waals surface area contributed by atoms with E-state index in [1.165, 1.54) is 13.2 Å².